The van der Waals surface area contributed by atoms with Gasteiger partial charge in [-0.25, -0.2) is 0 Å². The number of hydrogen-bond acceptors (Lipinski definition) is 2. The molecule has 0 atom stereocenters. The zero-order chi connectivity index (χ0) is 10.1. The first-order valence-electron chi connectivity index (χ1n) is 4.97. The van der Waals surface area contributed by atoms with E-state index in [0.717, 1.165) is 0 Å². The number of rotatable bonds is 2. The minimum Gasteiger partial charge on any atom is -0.300 e. The molecule has 1 aliphatic rings. The van der Waals surface area contributed by atoms with Crippen molar-refractivity contribution in [2.24, 2.45) is 0 Å². The summed E-state index contributed by atoms with van der Waals surface area (Å²) in [4.78, 5) is 13.8. The summed E-state index contributed by atoms with van der Waals surface area (Å²) in [6.07, 6.45) is 5.58. The summed E-state index contributed by atoms with van der Waals surface area (Å²) in [5.74, 6) is 0.254. The second-order valence-corrected chi connectivity index (χ2v) is 5.81. The van der Waals surface area contributed by atoms with Gasteiger partial charge in [0, 0.05) is 20.6 Å². The van der Waals surface area contributed by atoms with E-state index in [1.807, 2.05) is 11.3 Å². The van der Waals surface area contributed by atoms with Crippen molar-refractivity contribution >= 4 is 33.0 Å². The molecule has 0 aromatic carbocycles. The smallest absolute Gasteiger partial charge is 0.135 e. The van der Waals surface area contributed by atoms with E-state index in [0.29, 0.717) is 6.42 Å². The minimum atomic E-state index is 0.254. The zero-order valence-electron chi connectivity index (χ0n) is 8.23. The number of ketones is 1. The Morgan fingerprint density at radius 2 is 2.14 bits per heavy atom. The Balaban J connectivity index is 2.33. The predicted molar refractivity (Wildman–Crippen MR) is 63.0 cm³/mol. The molecular weight excluding hydrogens is 260 g/mol. The lowest BCUT2D eigenvalue weighted by Crippen LogP contribution is -1.98. The van der Waals surface area contributed by atoms with Crippen molar-refractivity contribution in [1.82, 2.24) is 0 Å². The molecule has 14 heavy (non-hydrogen) atoms. The average molecular weight is 273 g/mol. The van der Waals surface area contributed by atoms with Crippen LogP contribution in [0, 0.1) is 0 Å². The van der Waals surface area contributed by atoms with Gasteiger partial charge in [0.05, 0.1) is 0 Å². The highest BCUT2D eigenvalue weighted by Crippen LogP contribution is 2.38. The Kier molecular flexibility index (Phi) is 3.07. The second kappa shape index (κ2) is 4.15. The second-order valence-electron chi connectivity index (χ2n) is 3.83. The molecule has 0 aliphatic heterocycles. The van der Waals surface area contributed by atoms with Crippen LogP contribution in [-0.2, 0) is 24.1 Å². The van der Waals surface area contributed by atoms with Gasteiger partial charge in [0.15, 0.2) is 0 Å². The minimum absolute atomic E-state index is 0.254. The summed E-state index contributed by atoms with van der Waals surface area (Å²) in [6.45, 7) is 1.66. The summed E-state index contributed by atoms with van der Waals surface area (Å²) in [5.41, 5.74) is 1.47. The van der Waals surface area contributed by atoms with Crippen LogP contribution < -0.4 is 0 Å². The Labute approximate surface area is 96.6 Å². The molecule has 0 bridgehead atoms. The van der Waals surface area contributed by atoms with Gasteiger partial charge in [0.1, 0.15) is 5.78 Å². The summed E-state index contributed by atoms with van der Waals surface area (Å²) >= 11 is 5.45. The highest BCUT2D eigenvalue weighted by Gasteiger charge is 2.19. The van der Waals surface area contributed by atoms with Crippen molar-refractivity contribution < 1.29 is 4.79 Å². The Morgan fingerprint density at radius 1 is 1.43 bits per heavy atom. The van der Waals surface area contributed by atoms with Crippen LogP contribution in [-0.4, -0.2) is 5.78 Å². The number of hydrogen-bond donors (Lipinski definition) is 0. The molecule has 1 aliphatic carbocycles. The van der Waals surface area contributed by atoms with Crippen LogP contribution in [0.1, 0.15) is 35.1 Å². The topological polar surface area (TPSA) is 17.1 Å². The number of thiophene rings is 1. The lowest BCUT2D eigenvalue weighted by atomic mass is 9.99. The molecular formula is C11H13BrOS. The molecule has 1 aromatic rings. The highest BCUT2D eigenvalue weighted by molar-refractivity contribution is 9.10. The molecule has 0 radical (unpaired) electrons. The van der Waals surface area contributed by atoms with E-state index in [2.05, 4.69) is 15.9 Å². The van der Waals surface area contributed by atoms with Crippen molar-refractivity contribution in [3.05, 3.63) is 19.8 Å². The van der Waals surface area contributed by atoms with Crippen LogP contribution in [0.5, 0.6) is 0 Å². The van der Waals surface area contributed by atoms with Gasteiger partial charge < -0.3 is 0 Å². The van der Waals surface area contributed by atoms with Crippen LogP contribution >= 0.6 is 27.3 Å². The summed E-state index contributed by atoms with van der Waals surface area (Å²) in [7, 11) is 0. The first kappa shape index (κ1) is 10.4. The van der Waals surface area contributed by atoms with Gasteiger partial charge >= 0.3 is 0 Å². The molecule has 1 aromatic heterocycles. The molecule has 0 saturated carbocycles. The number of Topliss-reactive ketones (excluding diaryl/α,β-unsaturated/α-hetero) is 1. The molecule has 3 heteroatoms. The van der Waals surface area contributed by atoms with Gasteiger partial charge in [-0.1, -0.05) is 0 Å². The van der Waals surface area contributed by atoms with Gasteiger partial charge in [-0.15, -0.1) is 11.3 Å². The summed E-state index contributed by atoms with van der Waals surface area (Å²) in [6, 6.07) is 0. The Hall–Kier alpha value is -0.150. The molecule has 1 heterocycles. The first-order chi connectivity index (χ1) is 6.68. The van der Waals surface area contributed by atoms with E-state index in [4.69, 9.17) is 0 Å². The standard InChI is InChI=1S/C11H13BrOS/c1-7(13)6-10-11(12)8-4-2-3-5-9(8)14-10/h2-6H2,1H3. The Morgan fingerprint density at radius 3 is 2.79 bits per heavy atom. The van der Waals surface area contributed by atoms with E-state index in [9.17, 15) is 4.79 Å². The van der Waals surface area contributed by atoms with E-state index in [-0.39, 0.29) is 5.78 Å². The average Bonchev–Trinajstić information content (AvgIpc) is 2.44. The third-order valence-electron chi connectivity index (χ3n) is 2.58. The SMILES string of the molecule is CC(=O)Cc1sc2c(c1Br)CCCC2. The maximum absolute atomic E-state index is 11.1. The quantitative estimate of drug-likeness (QED) is 0.805. The summed E-state index contributed by atoms with van der Waals surface area (Å²) < 4.78 is 1.22. The largest absolute Gasteiger partial charge is 0.300 e. The van der Waals surface area contributed by atoms with Crippen molar-refractivity contribution in [1.29, 1.82) is 0 Å². The van der Waals surface area contributed by atoms with Gasteiger partial charge in [-0.2, -0.15) is 0 Å². The van der Waals surface area contributed by atoms with Gasteiger partial charge in [-0.3, -0.25) is 4.79 Å². The lowest BCUT2D eigenvalue weighted by Gasteiger charge is -2.09. The van der Waals surface area contributed by atoms with Crippen LogP contribution in [0.4, 0.5) is 0 Å². The fourth-order valence-electron chi connectivity index (χ4n) is 1.92. The third-order valence-corrected chi connectivity index (χ3v) is 5.09. The number of carbonyl (C=O) groups is 1. The molecule has 0 spiro atoms. The molecule has 2 rings (SSSR count). The monoisotopic (exact) mass is 272 g/mol. The van der Waals surface area contributed by atoms with Crippen LogP contribution in [0.3, 0.4) is 0 Å². The molecule has 76 valence electrons. The normalized spacial score (nSPS) is 15.3. The summed E-state index contributed by atoms with van der Waals surface area (Å²) in [5, 5.41) is 0. The van der Waals surface area contributed by atoms with Crippen LogP contribution in [0.2, 0.25) is 0 Å². The number of halogens is 1. The maximum atomic E-state index is 11.1. The molecule has 0 fully saturated rings. The van der Waals surface area contributed by atoms with Crippen LogP contribution in [0.15, 0.2) is 4.47 Å². The highest BCUT2D eigenvalue weighted by atomic mass is 79.9. The molecule has 0 amide bonds. The molecule has 0 saturated heterocycles. The fraction of sp³-hybridized carbons (Fsp3) is 0.545. The fourth-order valence-corrected chi connectivity index (χ4v) is 4.24. The van der Waals surface area contributed by atoms with E-state index >= 15 is 0 Å². The van der Waals surface area contributed by atoms with Gasteiger partial charge in [0.2, 0.25) is 0 Å². The lowest BCUT2D eigenvalue weighted by molar-refractivity contribution is -0.116. The molecule has 0 N–H and O–H groups in total. The molecule has 0 unspecified atom stereocenters. The van der Waals surface area contributed by atoms with Crippen molar-refractivity contribution in [2.45, 2.75) is 39.0 Å². The van der Waals surface area contributed by atoms with Crippen molar-refractivity contribution in [3.63, 3.8) is 0 Å². The van der Waals surface area contributed by atoms with Gasteiger partial charge in [0.25, 0.3) is 0 Å². The van der Waals surface area contributed by atoms with Gasteiger partial charge in [-0.05, 0) is 54.1 Å². The Bertz CT molecular complexity index is 368. The van der Waals surface area contributed by atoms with E-state index < -0.39 is 0 Å². The number of carbonyl (C=O) groups excluding carboxylic acids is 1. The maximum Gasteiger partial charge on any atom is 0.135 e. The van der Waals surface area contributed by atoms with Crippen molar-refractivity contribution in [2.75, 3.05) is 0 Å². The third kappa shape index (κ3) is 1.94. The number of fused-ring (bicyclic) bond motifs is 1. The predicted octanol–water partition coefficient (Wildman–Crippen LogP) is 3.52. The molecule has 1 nitrogen and oxygen atoms in total. The number of aryl methyl sites for hydroxylation is 1. The zero-order valence-corrected chi connectivity index (χ0v) is 10.6. The van der Waals surface area contributed by atoms with E-state index in [1.165, 1.54) is 45.5 Å². The van der Waals surface area contributed by atoms with Crippen molar-refractivity contribution in [3.8, 4) is 0 Å². The van der Waals surface area contributed by atoms with Crippen LogP contribution in [0.25, 0.3) is 0 Å². The van der Waals surface area contributed by atoms with E-state index in [1.54, 1.807) is 6.92 Å². The first-order valence-corrected chi connectivity index (χ1v) is 6.58.